The zero-order valence-corrected chi connectivity index (χ0v) is 15.0. The second-order valence-corrected chi connectivity index (χ2v) is 8.08. The van der Waals surface area contributed by atoms with E-state index in [-0.39, 0.29) is 10.5 Å². The van der Waals surface area contributed by atoms with Gasteiger partial charge in [0.2, 0.25) is 0 Å². The fourth-order valence-corrected chi connectivity index (χ4v) is 3.78. The van der Waals surface area contributed by atoms with Crippen molar-refractivity contribution >= 4 is 27.7 Å². The molecule has 1 aromatic carbocycles. The van der Waals surface area contributed by atoms with Gasteiger partial charge in [0.15, 0.2) is 11.6 Å². The fraction of sp³-hybridized carbons (Fsp3) is 0.588. The van der Waals surface area contributed by atoms with E-state index in [9.17, 15) is 13.6 Å². The third-order valence-corrected chi connectivity index (χ3v) is 4.98. The molecule has 0 bridgehead atoms. The molecular weight excluding hydrogens is 368 g/mol. The first kappa shape index (κ1) is 16.7. The van der Waals surface area contributed by atoms with Gasteiger partial charge >= 0.3 is 6.09 Å². The number of rotatable bonds is 1. The van der Waals surface area contributed by atoms with E-state index in [1.165, 1.54) is 11.0 Å². The highest BCUT2D eigenvalue weighted by Crippen LogP contribution is 2.46. The van der Waals surface area contributed by atoms with Gasteiger partial charge in [0.1, 0.15) is 5.60 Å². The molecule has 23 heavy (non-hydrogen) atoms. The van der Waals surface area contributed by atoms with Crippen LogP contribution in [0.2, 0.25) is 0 Å². The Hall–Kier alpha value is -1.17. The van der Waals surface area contributed by atoms with Crippen molar-refractivity contribution in [2.75, 3.05) is 4.90 Å². The van der Waals surface area contributed by atoms with Crippen LogP contribution in [-0.4, -0.2) is 17.7 Å². The van der Waals surface area contributed by atoms with Crippen LogP contribution in [0.5, 0.6) is 0 Å². The highest BCUT2D eigenvalue weighted by molar-refractivity contribution is 9.10. The summed E-state index contributed by atoms with van der Waals surface area (Å²) in [4.78, 5) is 14.3. The minimum atomic E-state index is -0.964. The molecule has 1 heterocycles. The lowest BCUT2D eigenvalue weighted by molar-refractivity contribution is 0.0555. The van der Waals surface area contributed by atoms with Crippen LogP contribution in [0.15, 0.2) is 10.5 Å². The molecule has 126 valence electrons. The smallest absolute Gasteiger partial charge is 0.415 e. The molecule has 1 saturated carbocycles. The van der Waals surface area contributed by atoms with Crippen molar-refractivity contribution in [3.05, 3.63) is 27.7 Å². The van der Waals surface area contributed by atoms with Crippen LogP contribution in [0.25, 0.3) is 0 Å². The molecule has 2 aliphatic rings. The number of hydrogen-bond donors (Lipinski definition) is 0. The van der Waals surface area contributed by atoms with Gasteiger partial charge in [0, 0.05) is 6.04 Å². The number of ether oxygens (including phenoxy) is 1. The molecule has 3 nitrogen and oxygen atoms in total. The van der Waals surface area contributed by atoms with Gasteiger partial charge in [-0.05, 0) is 79.9 Å². The number of aryl methyl sites for hydroxylation is 1. The summed E-state index contributed by atoms with van der Waals surface area (Å²) in [6.45, 7) is 5.38. The standard InChI is InChI=1S/C17H20BrF2NO2/c1-17(2,3)23-16(22)21-12(9-4-5-9)7-6-10-8-11(19)14(20)13(18)15(10)21/h8-9,12H,4-7H2,1-3H3. The Balaban J connectivity index is 2.06. The van der Waals surface area contributed by atoms with E-state index in [1.54, 1.807) is 20.8 Å². The summed E-state index contributed by atoms with van der Waals surface area (Å²) >= 11 is 3.14. The van der Waals surface area contributed by atoms with Crippen molar-refractivity contribution in [3.8, 4) is 0 Å². The zero-order valence-electron chi connectivity index (χ0n) is 13.5. The van der Waals surface area contributed by atoms with Crippen LogP contribution < -0.4 is 4.90 Å². The van der Waals surface area contributed by atoms with Gasteiger partial charge < -0.3 is 4.74 Å². The summed E-state index contributed by atoms with van der Waals surface area (Å²) in [6, 6.07) is 1.18. The van der Waals surface area contributed by atoms with Crippen LogP contribution in [-0.2, 0) is 11.2 Å². The lowest BCUT2D eigenvalue weighted by atomic mass is 9.93. The monoisotopic (exact) mass is 387 g/mol. The van der Waals surface area contributed by atoms with Gasteiger partial charge in [-0.3, -0.25) is 4.90 Å². The number of hydrogen-bond acceptors (Lipinski definition) is 2. The molecule has 0 aromatic heterocycles. The Labute approximate surface area is 143 Å². The Morgan fingerprint density at radius 2 is 1.96 bits per heavy atom. The highest BCUT2D eigenvalue weighted by Gasteiger charge is 2.43. The lowest BCUT2D eigenvalue weighted by Crippen LogP contribution is -2.47. The molecule has 0 radical (unpaired) electrons. The molecule has 1 atom stereocenters. The van der Waals surface area contributed by atoms with Crippen LogP contribution >= 0.6 is 15.9 Å². The third kappa shape index (κ3) is 3.23. The van der Waals surface area contributed by atoms with Gasteiger partial charge in [-0.1, -0.05) is 0 Å². The van der Waals surface area contributed by atoms with E-state index < -0.39 is 23.3 Å². The maximum Gasteiger partial charge on any atom is 0.415 e. The maximum absolute atomic E-state index is 14.0. The predicted octanol–water partition coefficient (Wildman–Crippen LogP) is 5.19. The molecule has 3 rings (SSSR count). The first-order valence-corrected chi connectivity index (χ1v) is 8.67. The second kappa shape index (κ2) is 5.72. The first-order chi connectivity index (χ1) is 10.7. The number of fused-ring (bicyclic) bond motifs is 1. The van der Waals surface area contributed by atoms with E-state index >= 15 is 0 Å². The highest BCUT2D eigenvalue weighted by atomic mass is 79.9. The Bertz CT molecular complexity index is 653. The van der Waals surface area contributed by atoms with Gasteiger partial charge in [0.25, 0.3) is 0 Å². The molecule has 6 heteroatoms. The van der Waals surface area contributed by atoms with Gasteiger partial charge in [-0.2, -0.15) is 0 Å². The number of halogens is 3. The summed E-state index contributed by atoms with van der Waals surface area (Å²) in [5.41, 5.74) is 0.410. The van der Waals surface area contributed by atoms with Gasteiger partial charge in [0.05, 0.1) is 10.2 Å². The quantitative estimate of drug-likeness (QED) is 0.620. The normalized spacial score (nSPS) is 21.1. The first-order valence-electron chi connectivity index (χ1n) is 7.87. The molecule has 1 aliphatic heterocycles. The molecule has 1 aromatic rings. The SMILES string of the molecule is CC(C)(C)OC(=O)N1c2c(cc(F)c(F)c2Br)CCC1C1CC1. The second-order valence-electron chi connectivity index (χ2n) is 7.29. The van der Waals surface area contributed by atoms with Crippen LogP contribution in [0.4, 0.5) is 19.3 Å². The molecule has 0 spiro atoms. The van der Waals surface area contributed by atoms with Crippen molar-refractivity contribution < 1.29 is 18.3 Å². The fourth-order valence-electron chi connectivity index (χ4n) is 3.15. The zero-order chi connectivity index (χ0) is 16.9. The number of amides is 1. The van der Waals surface area contributed by atoms with E-state index in [2.05, 4.69) is 15.9 Å². The molecule has 1 unspecified atom stereocenters. The van der Waals surface area contributed by atoms with Crippen molar-refractivity contribution in [2.24, 2.45) is 5.92 Å². The summed E-state index contributed by atoms with van der Waals surface area (Å²) in [7, 11) is 0. The van der Waals surface area contributed by atoms with E-state index in [0.717, 1.165) is 19.3 Å². The average Bonchev–Trinajstić information content (AvgIpc) is 3.26. The lowest BCUT2D eigenvalue weighted by Gasteiger charge is -2.39. The Kier molecular flexibility index (Phi) is 4.15. The summed E-state index contributed by atoms with van der Waals surface area (Å²) in [5.74, 6) is -1.45. The number of anilines is 1. The number of benzene rings is 1. The molecule has 0 saturated heterocycles. The van der Waals surface area contributed by atoms with Crippen molar-refractivity contribution in [1.82, 2.24) is 0 Å². The minimum Gasteiger partial charge on any atom is -0.443 e. The van der Waals surface area contributed by atoms with Crippen molar-refractivity contribution in [3.63, 3.8) is 0 Å². The maximum atomic E-state index is 14.0. The van der Waals surface area contributed by atoms with Crippen molar-refractivity contribution in [1.29, 1.82) is 0 Å². The van der Waals surface area contributed by atoms with Crippen LogP contribution in [0, 0.1) is 17.6 Å². The molecule has 1 fully saturated rings. The van der Waals surface area contributed by atoms with E-state index in [4.69, 9.17) is 4.74 Å². The van der Waals surface area contributed by atoms with Gasteiger partial charge in [-0.25, -0.2) is 13.6 Å². The van der Waals surface area contributed by atoms with E-state index in [1.807, 2.05) is 0 Å². The topological polar surface area (TPSA) is 29.5 Å². The Morgan fingerprint density at radius 3 is 2.52 bits per heavy atom. The average molecular weight is 388 g/mol. The summed E-state index contributed by atoms with van der Waals surface area (Å²) < 4.78 is 33.3. The Morgan fingerprint density at radius 1 is 1.30 bits per heavy atom. The van der Waals surface area contributed by atoms with Gasteiger partial charge in [-0.15, -0.1) is 0 Å². The number of carbonyl (C=O) groups is 1. The number of nitrogens with zero attached hydrogens (tertiary/aromatic N) is 1. The molecular formula is C17H20BrF2NO2. The largest absolute Gasteiger partial charge is 0.443 e. The third-order valence-electron chi connectivity index (χ3n) is 4.25. The van der Waals surface area contributed by atoms with Crippen molar-refractivity contribution in [2.45, 2.75) is 58.1 Å². The molecule has 0 N–H and O–H groups in total. The predicted molar refractivity (Wildman–Crippen MR) is 87.6 cm³/mol. The molecule has 1 amide bonds. The number of carbonyl (C=O) groups excluding carboxylic acids is 1. The minimum absolute atomic E-state index is 0.00343. The van der Waals surface area contributed by atoms with Crippen LogP contribution in [0.1, 0.15) is 45.6 Å². The van der Waals surface area contributed by atoms with Crippen LogP contribution in [0.3, 0.4) is 0 Å². The summed E-state index contributed by atoms with van der Waals surface area (Å²) in [5, 5.41) is 0. The summed E-state index contributed by atoms with van der Waals surface area (Å²) in [6.07, 6.45) is 2.99. The molecule has 1 aliphatic carbocycles. The van der Waals surface area contributed by atoms with E-state index in [0.29, 0.717) is 23.6 Å².